The molecule has 0 aromatic heterocycles. The van der Waals surface area contributed by atoms with Crippen LogP contribution < -0.4 is 10.0 Å². The van der Waals surface area contributed by atoms with Crippen molar-refractivity contribution in [1.82, 2.24) is 0 Å². The highest BCUT2D eigenvalue weighted by molar-refractivity contribution is 7.92. The second kappa shape index (κ2) is 7.13. The van der Waals surface area contributed by atoms with Crippen molar-refractivity contribution in [3.05, 3.63) is 24.3 Å². The minimum absolute atomic E-state index is 0.0769. The molecule has 0 saturated carbocycles. The molecule has 6 heteroatoms. The summed E-state index contributed by atoms with van der Waals surface area (Å²) in [6.07, 6.45) is 3.39. The van der Waals surface area contributed by atoms with E-state index in [-0.39, 0.29) is 5.75 Å². The number of hydrogen-bond donors (Lipinski definition) is 2. The molecule has 0 bridgehead atoms. The number of benzene rings is 1. The summed E-state index contributed by atoms with van der Waals surface area (Å²) in [7, 11) is -3.21. The standard InChI is InChI=1S/C15H24N2O3S/c1-3-15-11-14(9-10-20-15)16-12-5-7-13(8-6-12)17-21(18,19)4-2/h5-8,14-17H,3-4,9-11H2,1-2H3. The van der Waals surface area contributed by atoms with Gasteiger partial charge in [0.1, 0.15) is 0 Å². The highest BCUT2D eigenvalue weighted by atomic mass is 32.2. The zero-order valence-electron chi connectivity index (χ0n) is 12.6. The molecule has 1 aromatic rings. The van der Waals surface area contributed by atoms with Gasteiger partial charge in [-0.25, -0.2) is 8.42 Å². The molecule has 1 saturated heterocycles. The molecule has 1 aliphatic rings. The molecule has 118 valence electrons. The average Bonchev–Trinajstić information content (AvgIpc) is 2.49. The summed E-state index contributed by atoms with van der Waals surface area (Å²) in [6, 6.07) is 7.80. The van der Waals surface area contributed by atoms with Gasteiger partial charge in [-0.2, -0.15) is 0 Å². The van der Waals surface area contributed by atoms with Crippen LogP contribution in [0.4, 0.5) is 11.4 Å². The first-order valence-corrected chi connectivity index (χ1v) is 9.16. The monoisotopic (exact) mass is 312 g/mol. The molecule has 5 nitrogen and oxygen atoms in total. The summed E-state index contributed by atoms with van der Waals surface area (Å²) in [5.41, 5.74) is 1.61. The third-order valence-corrected chi connectivity index (χ3v) is 5.04. The van der Waals surface area contributed by atoms with Gasteiger partial charge in [0.2, 0.25) is 10.0 Å². The van der Waals surface area contributed by atoms with E-state index in [0.29, 0.717) is 17.8 Å². The van der Waals surface area contributed by atoms with Crippen molar-refractivity contribution in [2.75, 3.05) is 22.4 Å². The Hall–Kier alpha value is -1.27. The molecule has 0 amide bonds. The zero-order chi connectivity index (χ0) is 15.3. The highest BCUT2D eigenvalue weighted by Crippen LogP contribution is 2.22. The molecule has 1 aromatic carbocycles. The molecule has 0 radical (unpaired) electrons. The summed E-state index contributed by atoms with van der Waals surface area (Å²) >= 11 is 0. The topological polar surface area (TPSA) is 67.4 Å². The predicted octanol–water partition coefficient (Wildman–Crippen LogP) is 2.82. The van der Waals surface area contributed by atoms with Crippen LogP contribution in [0, 0.1) is 0 Å². The first kappa shape index (κ1) is 16.1. The lowest BCUT2D eigenvalue weighted by molar-refractivity contribution is 0.00926. The van der Waals surface area contributed by atoms with E-state index in [2.05, 4.69) is 17.0 Å². The van der Waals surface area contributed by atoms with E-state index in [1.807, 2.05) is 12.1 Å². The van der Waals surface area contributed by atoms with Gasteiger partial charge in [-0.15, -0.1) is 0 Å². The maximum atomic E-state index is 11.5. The van der Waals surface area contributed by atoms with Crippen LogP contribution in [0.3, 0.4) is 0 Å². The molecular weight excluding hydrogens is 288 g/mol. The van der Waals surface area contributed by atoms with Crippen LogP contribution in [0.25, 0.3) is 0 Å². The van der Waals surface area contributed by atoms with Gasteiger partial charge in [0.25, 0.3) is 0 Å². The van der Waals surface area contributed by atoms with Crippen molar-refractivity contribution < 1.29 is 13.2 Å². The second-order valence-corrected chi connectivity index (χ2v) is 7.36. The summed E-state index contributed by atoms with van der Waals surface area (Å²) in [6.45, 7) is 4.56. The third kappa shape index (κ3) is 4.89. The van der Waals surface area contributed by atoms with Crippen molar-refractivity contribution in [1.29, 1.82) is 0 Å². The van der Waals surface area contributed by atoms with Crippen LogP contribution in [0.2, 0.25) is 0 Å². The quantitative estimate of drug-likeness (QED) is 0.847. The molecule has 2 atom stereocenters. The number of nitrogens with one attached hydrogen (secondary N) is 2. The second-order valence-electron chi connectivity index (χ2n) is 5.35. The van der Waals surface area contributed by atoms with Gasteiger partial charge in [0.05, 0.1) is 11.9 Å². The highest BCUT2D eigenvalue weighted by Gasteiger charge is 2.20. The van der Waals surface area contributed by atoms with Gasteiger partial charge in [0.15, 0.2) is 0 Å². The zero-order valence-corrected chi connectivity index (χ0v) is 13.4. The van der Waals surface area contributed by atoms with Crippen molar-refractivity contribution >= 4 is 21.4 Å². The third-order valence-electron chi connectivity index (χ3n) is 3.73. The van der Waals surface area contributed by atoms with Gasteiger partial charge >= 0.3 is 0 Å². The molecule has 0 spiro atoms. The molecule has 2 unspecified atom stereocenters. The number of hydrogen-bond acceptors (Lipinski definition) is 4. The Balaban J connectivity index is 1.93. The normalized spacial score (nSPS) is 22.8. The van der Waals surface area contributed by atoms with Crippen LogP contribution in [0.1, 0.15) is 33.1 Å². The Morgan fingerprint density at radius 1 is 1.19 bits per heavy atom. The SMILES string of the molecule is CCC1CC(Nc2ccc(NS(=O)(=O)CC)cc2)CCO1. The van der Waals surface area contributed by atoms with Crippen LogP contribution in [-0.2, 0) is 14.8 Å². The van der Waals surface area contributed by atoms with Crippen molar-refractivity contribution in [2.24, 2.45) is 0 Å². The Labute approximate surface area is 127 Å². The lowest BCUT2D eigenvalue weighted by atomic mass is 10.0. The van der Waals surface area contributed by atoms with E-state index in [9.17, 15) is 8.42 Å². The Kier molecular flexibility index (Phi) is 5.47. The summed E-state index contributed by atoms with van der Waals surface area (Å²) in [5, 5.41) is 3.49. The first-order valence-electron chi connectivity index (χ1n) is 7.51. The lowest BCUT2D eigenvalue weighted by Crippen LogP contribution is -2.33. The maximum absolute atomic E-state index is 11.5. The molecule has 0 aliphatic carbocycles. The minimum Gasteiger partial charge on any atom is -0.382 e. The van der Waals surface area contributed by atoms with E-state index in [4.69, 9.17) is 4.74 Å². The van der Waals surface area contributed by atoms with Crippen molar-refractivity contribution in [3.63, 3.8) is 0 Å². The van der Waals surface area contributed by atoms with E-state index < -0.39 is 10.0 Å². The molecule has 1 fully saturated rings. The van der Waals surface area contributed by atoms with E-state index >= 15 is 0 Å². The first-order chi connectivity index (χ1) is 10.0. The van der Waals surface area contributed by atoms with Gasteiger partial charge < -0.3 is 10.1 Å². The van der Waals surface area contributed by atoms with Crippen LogP contribution in [0.5, 0.6) is 0 Å². The van der Waals surface area contributed by atoms with Gasteiger partial charge in [-0.1, -0.05) is 6.92 Å². The fraction of sp³-hybridized carbons (Fsp3) is 0.600. The Morgan fingerprint density at radius 2 is 1.86 bits per heavy atom. The Morgan fingerprint density at radius 3 is 2.48 bits per heavy atom. The summed E-state index contributed by atoms with van der Waals surface area (Å²) in [5.74, 6) is 0.0769. The number of anilines is 2. The minimum atomic E-state index is -3.21. The predicted molar refractivity (Wildman–Crippen MR) is 86.2 cm³/mol. The number of sulfonamides is 1. The van der Waals surface area contributed by atoms with E-state index in [1.165, 1.54) is 0 Å². The Bertz CT molecular complexity index is 543. The number of rotatable bonds is 6. The summed E-state index contributed by atoms with van der Waals surface area (Å²) < 4.78 is 31.2. The largest absolute Gasteiger partial charge is 0.382 e. The van der Waals surface area contributed by atoms with Crippen LogP contribution in [-0.4, -0.2) is 32.9 Å². The number of ether oxygens (including phenoxy) is 1. The molecule has 2 N–H and O–H groups in total. The van der Waals surface area contributed by atoms with Gasteiger partial charge in [-0.3, -0.25) is 4.72 Å². The molecular formula is C15H24N2O3S. The maximum Gasteiger partial charge on any atom is 0.232 e. The smallest absolute Gasteiger partial charge is 0.232 e. The molecule has 2 rings (SSSR count). The van der Waals surface area contributed by atoms with Gasteiger partial charge in [-0.05, 0) is 50.5 Å². The van der Waals surface area contributed by atoms with Crippen LogP contribution >= 0.6 is 0 Å². The summed E-state index contributed by atoms with van der Waals surface area (Å²) in [4.78, 5) is 0. The molecule has 1 aliphatic heterocycles. The van der Waals surface area contributed by atoms with E-state index in [1.54, 1.807) is 19.1 Å². The fourth-order valence-corrected chi connectivity index (χ4v) is 3.06. The van der Waals surface area contributed by atoms with Crippen molar-refractivity contribution in [2.45, 2.75) is 45.3 Å². The van der Waals surface area contributed by atoms with Crippen molar-refractivity contribution in [3.8, 4) is 0 Å². The molecule has 1 heterocycles. The fourth-order valence-electron chi connectivity index (χ4n) is 2.42. The van der Waals surface area contributed by atoms with Crippen LogP contribution in [0.15, 0.2) is 24.3 Å². The molecule has 21 heavy (non-hydrogen) atoms. The lowest BCUT2D eigenvalue weighted by Gasteiger charge is -2.30. The van der Waals surface area contributed by atoms with Gasteiger partial charge in [0, 0.05) is 24.0 Å². The van der Waals surface area contributed by atoms with E-state index in [0.717, 1.165) is 31.6 Å². The average molecular weight is 312 g/mol.